The van der Waals surface area contributed by atoms with E-state index in [4.69, 9.17) is 0 Å². The molecule has 33 heavy (non-hydrogen) atoms. The number of ketones is 1. The first-order valence-electron chi connectivity index (χ1n) is 10.1. The van der Waals surface area contributed by atoms with E-state index in [0.29, 0.717) is 16.2 Å². The minimum atomic E-state index is -4.59. The molecule has 10 heteroatoms. The van der Waals surface area contributed by atoms with E-state index < -0.39 is 34.6 Å². The molecule has 1 aliphatic heterocycles. The van der Waals surface area contributed by atoms with Crippen molar-refractivity contribution in [3.8, 4) is 6.07 Å². The quantitative estimate of drug-likeness (QED) is 0.703. The van der Waals surface area contributed by atoms with Crippen molar-refractivity contribution in [2.75, 3.05) is 10.7 Å². The highest BCUT2D eigenvalue weighted by Gasteiger charge is 2.42. The van der Waals surface area contributed by atoms with E-state index in [-0.39, 0.29) is 41.2 Å². The summed E-state index contributed by atoms with van der Waals surface area (Å²) in [6.45, 7) is 1.71. The number of carbonyl (C=O) groups is 2. The highest BCUT2D eigenvalue weighted by molar-refractivity contribution is 7.85. The van der Waals surface area contributed by atoms with Crippen molar-refractivity contribution in [3.63, 3.8) is 0 Å². The molecule has 0 radical (unpaired) electrons. The molecule has 1 N–H and O–H groups in total. The highest BCUT2D eigenvalue weighted by atomic mass is 32.2. The fourth-order valence-electron chi connectivity index (χ4n) is 4.13. The summed E-state index contributed by atoms with van der Waals surface area (Å²) < 4.78 is 52.4. The smallest absolute Gasteiger partial charge is 0.326 e. The Hall–Kier alpha value is -3.45. The number of Topliss-reactive ketones (excluding diaryl/α,β-unsaturated/α-hetero) is 1. The first-order chi connectivity index (χ1) is 15.7. The molecule has 0 saturated heterocycles. The molecule has 1 unspecified atom stereocenters. The lowest BCUT2D eigenvalue weighted by Crippen LogP contribution is -2.47. The van der Waals surface area contributed by atoms with Crippen molar-refractivity contribution < 1.29 is 27.0 Å². The second-order valence-corrected chi connectivity index (χ2v) is 9.26. The lowest BCUT2D eigenvalue weighted by molar-refractivity contribution is -0.137. The number of rotatable bonds is 4. The van der Waals surface area contributed by atoms with E-state index in [0.717, 1.165) is 17.0 Å². The third-order valence-electron chi connectivity index (χ3n) is 5.62. The Morgan fingerprint density at radius 3 is 2.61 bits per heavy atom. The third-order valence-corrected chi connectivity index (χ3v) is 6.99. The molecule has 0 fully saturated rings. The first-order valence-corrected chi connectivity index (χ1v) is 11.4. The molecule has 2 aliphatic rings. The summed E-state index contributed by atoms with van der Waals surface area (Å²) in [6, 6.07) is 9.28. The van der Waals surface area contributed by atoms with Gasteiger partial charge in [-0.1, -0.05) is 19.1 Å². The fraction of sp³-hybridized carbons (Fsp3) is 0.261. The summed E-state index contributed by atoms with van der Waals surface area (Å²) >= 11 is 0. The van der Waals surface area contributed by atoms with Crippen molar-refractivity contribution >= 4 is 28.3 Å². The molecule has 0 spiro atoms. The number of nitrogens with one attached hydrogen (secondary N) is 1. The summed E-state index contributed by atoms with van der Waals surface area (Å²) in [7, 11) is -1.48. The van der Waals surface area contributed by atoms with E-state index in [1.807, 2.05) is 6.07 Å². The third kappa shape index (κ3) is 4.04. The van der Waals surface area contributed by atoms with Crippen molar-refractivity contribution in [1.82, 2.24) is 5.32 Å². The Balaban J connectivity index is 1.86. The Labute approximate surface area is 190 Å². The number of allylic oxidation sites excluding steroid dienone is 1. The van der Waals surface area contributed by atoms with Crippen LogP contribution < -0.4 is 10.2 Å². The maximum absolute atomic E-state index is 13.2. The Morgan fingerprint density at radius 1 is 1.18 bits per heavy atom. The van der Waals surface area contributed by atoms with Crippen molar-refractivity contribution in [2.24, 2.45) is 0 Å². The van der Waals surface area contributed by atoms with Crippen LogP contribution >= 0.6 is 0 Å². The van der Waals surface area contributed by atoms with E-state index in [1.54, 1.807) is 13.0 Å². The SMILES string of the molecule is CCS(=O)c1cc(C#N)ccc1[C@H]1NC(=O)N(c2cccc(C(F)(F)F)c2)C2=C1C(=O)CC2. The molecule has 170 valence electrons. The fourth-order valence-corrected chi connectivity index (χ4v) is 5.15. The number of anilines is 1. The molecular formula is C23H18F3N3O3S. The van der Waals surface area contributed by atoms with Crippen LogP contribution in [0.25, 0.3) is 0 Å². The summed E-state index contributed by atoms with van der Waals surface area (Å²) in [5, 5.41) is 11.9. The van der Waals surface area contributed by atoms with Gasteiger partial charge in [-0.2, -0.15) is 18.4 Å². The van der Waals surface area contributed by atoms with Gasteiger partial charge >= 0.3 is 12.2 Å². The minimum absolute atomic E-state index is 0.000150. The maximum Gasteiger partial charge on any atom is 0.416 e. The van der Waals surface area contributed by atoms with Crippen LogP contribution in [0.5, 0.6) is 0 Å². The number of nitriles is 1. The molecule has 6 nitrogen and oxygen atoms in total. The molecule has 2 atom stereocenters. The normalized spacial score (nSPS) is 19.2. The van der Waals surface area contributed by atoms with Gasteiger partial charge in [0.25, 0.3) is 0 Å². The molecular weight excluding hydrogens is 455 g/mol. The lowest BCUT2D eigenvalue weighted by Gasteiger charge is -2.35. The average molecular weight is 473 g/mol. The topological polar surface area (TPSA) is 90.3 Å². The first kappa shape index (κ1) is 22.7. The number of carbonyl (C=O) groups excluding carboxylic acids is 2. The van der Waals surface area contributed by atoms with Crippen LogP contribution in [0.1, 0.15) is 42.5 Å². The predicted octanol–water partition coefficient (Wildman–Crippen LogP) is 4.59. The van der Waals surface area contributed by atoms with Crippen LogP contribution in [0, 0.1) is 11.3 Å². The molecule has 0 saturated carbocycles. The van der Waals surface area contributed by atoms with Gasteiger partial charge in [-0.3, -0.25) is 13.9 Å². The van der Waals surface area contributed by atoms with Gasteiger partial charge in [0.05, 0.1) is 39.7 Å². The van der Waals surface area contributed by atoms with E-state index in [9.17, 15) is 32.2 Å². The lowest BCUT2D eigenvalue weighted by atomic mass is 9.94. The van der Waals surface area contributed by atoms with E-state index >= 15 is 0 Å². The molecule has 4 rings (SSSR count). The molecule has 0 aromatic heterocycles. The predicted molar refractivity (Wildman–Crippen MR) is 115 cm³/mol. The second kappa shape index (κ2) is 8.48. The molecule has 1 aliphatic carbocycles. The maximum atomic E-state index is 13.2. The van der Waals surface area contributed by atoms with Gasteiger partial charge in [0.1, 0.15) is 0 Å². The molecule has 1 heterocycles. The van der Waals surface area contributed by atoms with E-state index in [1.165, 1.54) is 24.3 Å². The average Bonchev–Trinajstić information content (AvgIpc) is 3.18. The molecule has 2 aromatic carbocycles. The van der Waals surface area contributed by atoms with Gasteiger partial charge in [0.2, 0.25) is 0 Å². The molecule has 0 bridgehead atoms. The van der Waals surface area contributed by atoms with E-state index in [2.05, 4.69) is 5.32 Å². The summed E-state index contributed by atoms with van der Waals surface area (Å²) in [4.78, 5) is 27.4. The van der Waals surface area contributed by atoms with Gasteiger partial charge in [0.15, 0.2) is 5.78 Å². The standard InChI is InChI=1S/C23H18F3N3O3S/c1-2-33(32)19-10-13(12-27)6-7-16(19)21-20-17(8-9-18(20)30)29(22(31)28-21)15-5-3-4-14(11-15)23(24,25)26/h3-7,10-11,21H,2,8-9H2,1H3,(H,28,31)/t21-,33?/m1/s1. The van der Waals surface area contributed by atoms with Crippen LogP contribution in [-0.4, -0.2) is 21.8 Å². The van der Waals surface area contributed by atoms with Crippen LogP contribution in [-0.2, 0) is 21.8 Å². The molecule has 2 aromatic rings. The number of hydrogen-bond donors (Lipinski definition) is 1. The van der Waals surface area contributed by atoms with Crippen LogP contribution in [0.2, 0.25) is 0 Å². The largest absolute Gasteiger partial charge is 0.416 e. The number of amides is 2. The zero-order chi connectivity index (χ0) is 23.9. The van der Waals surface area contributed by atoms with Gasteiger partial charge in [-0.25, -0.2) is 4.79 Å². The van der Waals surface area contributed by atoms with Gasteiger partial charge < -0.3 is 5.32 Å². The highest BCUT2D eigenvalue weighted by Crippen LogP contribution is 2.42. The van der Waals surface area contributed by atoms with Crippen LogP contribution in [0.15, 0.2) is 58.6 Å². The second-order valence-electron chi connectivity index (χ2n) is 7.55. The van der Waals surface area contributed by atoms with Crippen LogP contribution in [0.3, 0.4) is 0 Å². The van der Waals surface area contributed by atoms with Crippen molar-refractivity contribution in [3.05, 3.63) is 70.4 Å². The number of benzene rings is 2. The number of alkyl halides is 3. The van der Waals surface area contributed by atoms with Gasteiger partial charge in [-0.05, 0) is 42.3 Å². The Kier molecular flexibility index (Phi) is 5.84. The number of halogens is 3. The van der Waals surface area contributed by atoms with Crippen LogP contribution in [0.4, 0.5) is 23.7 Å². The van der Waals surface area contributed by atoms with Crippen molar-refractivity contribution in [2.45, 2.75) is 36.9 Å². The zero-order valence-corrected chi connectivity index (χ0v) is 18.2. The Morgan fingerprint density at radius 2 is 1.94 bits per heavy atom. The zero-order valence-electron chi connectivity index (χ0n) is 17.4. The summed E-state index contributed by atoms with van der Waals surface area (Å²) in [5.41, 5.74) is 0.384. The summed E-state index contributed by atoms with van der Waals surface area (Å²) in [6.07, 6.45) is -4.29. The summed E-state index contributed by atoms with van der Waals surface area (Å²) in [5.74, 6) is 0.0169. The molecule has 2 amide bonds. The number of nitrogens with zero attached hydrogens (tertiary/aromatic N) is 2. The number of hydrogen-bond acceptors (Lipinski definition) is 4. The van der Waals surface area contributed by atoms with Gasteiger partial charge in [-0.15, -0.1) is 0 Å². The van der Waals surface area contributed by atoms with Crippen molar-refractivity contribution in [1.29, 1.82) is 5.26 Å². The monoisotopic (exact) mass is 473 g/mol. The minimum Gasteiger partial charge on any atom is -0.326 e. The van der Waals surface area contributed by atoms with Gasteiger partial charge in [0, 0.05) is 28.3 Å². The number of urea groups is 1. The Bertz CT molecular complexity index is 1260.